The van der Waals surface area contributed by atoms with E-state index in [0.717, 1.165) is 38.3 Å². The first-order valence-corrected chi connectivity index (χ1v) is 8.91. The van der Waals surface area contributed by atoms with E-state index in [4.69, 9.17) is 4.74 Å². The highest BCUT2D eigenvalue weighted by Crippen LogP contribution is 2.15. The topological polar surface area (TPSA) is 24.5 Å². The van der Waals surface area contributed by atoms with Crippen molar-refractivity contribution in [3.63, 3.8) is 0 Å². The van der Waals surface area contributed by atoms with Gasteiger partial charge in [0.25, 0.3) is 0 Å². The van der Waals surface area contributed by atoms with Gasteiger partial charge in [0.15, 0.2) is 0 Å². The largest absolute Gasteiger partial charge is 0.492 e. The highest BCUT2D eigenvalue weighted by atomic mass is 16.5. The van der Waals surface area contributed by atoms with E-state index in [-0.39, 0.29) is 0 Å². The molecule has 0 aliphatic rings. The average Bonchev–Trinajstić information content (AvgIpc) is 2.63. The lowest BCUT2D eigenvalue weighted by Gasteiger charge is -2.21. The van der Waals surface area contributed by atoms with Crippen LogP contribution >= 0.6 is 0 Å². The third kappa shape index (κ3) is 5.99. The van der Waals surface area contributed by atoms with E-state index in [2.05, 4.69) is 72.6 Å². The summed E-state index contributed by atoms with van der Waals surface area (Å²) in [4.78, 5) is 2.46. The van der Waals surface area contributed by atoms with Gasteiger partial charge in [0.2, 0.25) is 0 Å². The molecule has 0 atom stereocenters. The van der Waals surface area contributed by atoms with Crippen LogP contribution in [0.15, 0.2) is 48.5 Å². The first-order chi connectivity index (χ1) is 11.7. The fourth-order valence-electron chi connectivity index (χ4n) is 2.64. The van der Waals surface area contributed by atoms with Crippen molar-refractivity contribution in [3.8, 4) is 5.75 Å². The minimum Gasteiger partial charge on any atom is -0.492 e. The summed E-state index contributed by atoms with van der Waals surface area (Å²) < 4.78 is 5.67. The molecule has 0 unspecified atom stereocenters. The molecule has 0 aromatic heterocycles. The summed E-state index contributed by atoms with van der Waals surface area (Å²) in [5.74, 6) is 0.937. The van der Waals surface area contributed by atoms with Gasteiger partial charge in [0.05, 0.1) is 0 Å². The van der Waals surface area contributed by atoms with E-state index in [1.807, 2.05) is 7.05 Å². The van der Waals surface area contributed by atoms with Crippen LogP contribution < -0.4 is 10.1 Å². The van der Waals surface area contributed by atoms with Crippen molar-refractivity contribution in [1.29, 1.82) is 0 Å². The third-order valence-electron chi connectivity index (χ3n) is 4.23. The zero-order valence-electron chi connectivity index (χ0n) is 15.2. The number of nitrogens with one attached hydrogen (secondary N) is 1. The quantitative estimate of drug-likeness (QED) is 0.671. The molecule has 2 rings (SSSR count). The summed E-state index contributed by atoms with van der Waals surface area (Å²) >= 11 is 0. The van der Waals surface area contributed by atoms with Crippen LogP contribution in [-0.4, -0.2) is 31.6 Å². The minimum atomic E-state index is 0.699. The Morgan fingerprint density at radius 2 is 1.38 bits per heavy atom. The molecule has 0 radical (unpaired) electrons. The maximum absolute atomic E-state index is 5.67. The predicted octanol–water partition coefficient (Wildman–Crippen LogP) is 3.87. The summed E-state index contributed by atoms with van der Waals surface area (Å²) in [6.07, 6.45) is 1.10. The lowest BCUT2D eigenvalue weighted by Crippen LogP contribution is -2.22. The van der Waals surface area contributed by atoms with Gasteiger partial charge >= 0.3 is 0 Å². The lowest BCUT2D eigenvalue weighted by molar-refractivity contribution is 0.271. The van der Waals surface area contributed by atoms with Crippen molar-refractivity contribution in [2.24, 2.45) is 0 Å². The first kappa shape index (κ1) is 18.5. The molecule has 0 bridgehead atoms. The van der Waals surface area contributed by atoms with Gasteiger partial charge < -0.3 is 10.1 Å². The van der Waals surface area contributed by atoms with Crippen LogP contribution in [0.3, 0.4) is 0 Å². The summed E-state index contributed by atoms with van der Waals surface area (Å²) in [7, 11) is 1.93. The standard InChI is InChI=1S/C21H30N2O/c1-4-18-6-8-19(9-7-18)16-23(5-2)17-20-10-12-21(13-11-20)24-15-14-22-3/h6-13,22H,4-5,14-17H2,1-3H3. The van der Waals surface area contributed by atoms with Crippen molar-refractivity contribution < 1.29 is 4.74 Å². The Morgan fingerprint density at radius 1 is 0.833 bits per heavy atom. The van der Waals surface area contributed by atoms with E-state index in [9.17, 15) is 0 Å². The van der Waals surface area contributed by atoms with Gasteiger partial charge in [-0.25, -0.2) is 0 Å². The predicted molar refractivity (Wildman–Crippen MR) is 101 cm³/mol. The van der Waals surface area contributed by atoms with Crippen LogP contribution in [0.1, 0.15) is 30.5 Å². The van der Waals surface area contributed by atoms with Gasteiger partial charge in [-0.2, -0.15) is 0 Å². The van der Waals surface area contributed by atoms with Crippen molar-refractivity contribution >= 4 is 0 Å². The molecule has 0 spiro atoms. The fourth-order valence-corrected chi connectivity index (χ4v) is 2.64. The maximum atomic E-state index is 5.67. The van der Waals surface area contributed by atoms with Crippen molar-refractivity contribution in [3.05, 3.63) is 65.2 Å². The average molecular weight is 326 g/mol. The van der Waals surface area contributed by atoms with Gasteiger partial charge in [0, 0.05) is 19.6 Å². The molecule has 0 fully saturated rings. The Hall–Kier alpha value is -1.84. The number of rotatable bonds is 10. The van der Waals surface area contributed by atoms with Crippen LogP contribution in [0.2, 0.25) is 0 Å². The first-order valence-electron chi connectivity index (χ1n) is 8.91. The van der Waals surface area contributed by atoms with E-state index in [1.165, 1.54) is 16.7 Å². The van der Waals surface area contributed by atoms with E-state index < -0.39 is 0 Å². The molecule has 0 aliphatic carbocycles. The Kier molecular flexibility index (Phi) is 7.80. The number of ether oxygens (including phenoxy) is 1. The number of benzene rings is 2. The second-order valence-corrected chi connectivity index (χ2v) is 6.07. The van der Waals surface area contributed by atoms with Crippen molar-refractivity contribution in [2.75, 3.05) is 26.7 Å². The highest BCUT2D eigenvalue weighted by Gasteiger charge is 2.06. The monoisotopic (exact) mass is 326 g/mol. The molecule has 0 heterocycles. The number of hydrogen-bond donors (Lipinski definition) is 1. The summed E-state index contributed by atoms with van der Waals surface area (Å²) in [6, 6.07) is 17.4. The molecule has 3 nitrogen and oxygen atoms in total. The third-order valence-corrected chi connectivity index (χ3v) is 4.23. The van der Waals surface area contributed by atoms with Crippen molar-refractivity contribution in [2.45, 2.75) is 33.4 Å². The number of hydrogen-bond acceptors (Lipinski definition) is 3. The zero-order chi connectivity index (χ0) is 17.2. The van der Waals surface area contributed by atoms with Gasteiger partial charge in [-0.15, -0.1) is 0 Å². The summed E-state index contributed by atoms with van der Waals surface area (Å²) in [6.45, 7) is 8.96. The Morgan fingerprint density at radius 3 is 1.88 bits per heavy atom. The van der Waals surface area contributed by atoms with Gasteiger partial charge in [-0.3, -0.25) is 4.90 Å². The highest BCUT2D eigenvalue weighted by molar-refractivity contribution is 5.27. The molecular formula is C21H30N2O. The van der Waals surface area contributed by atoms with Crippen LogP contribution in [0.4, 0.5) is 0 Å². The second kappa shape index (κ2) is 10.1. The van der Waals surface area contributed by atoms with Crippen molar-refractivity contribution in [1.82, 2.24) is 10.2 Å². The molecule has 3 heteroatoms. The van der Waals surface area contributed by atoms with Crippen LogP contribution in [-0.2, 0) is 19.5 Å². The van der Waals surface area contributed by atoms with Gasteiger partial charge in [-0.05, 0) is 48.8 Å². The van der Waals surface area contributed by atoms with Crippen LogP contribution in [0, 0.1) is 0 Å². The second-order valence-electron chi connectivity index (χ2n) is 6.07. The Labute approximate surface area is 146 Å². The molecule has 0 saturated heterocycles. The van der Waals surface area contributed by atoms with Gasteiger partial charge in [-0.1, -0.05) is 50.2 Å². The summed E-state index contributed by atoms with van der Waals surface area (Å²) in [5.41, 5.74) is 4.10. The molecule has 0 saturated carbocycles. The number of nitrogens with zero attached hydrogens (tertiary/aromatic N) is 1. The maximum Gasteiger partial charge on any atom is 0.119 e. The number of likely N-dealkylation sites (N-methyl/N-ethyl adjacent to an activating group) is 1. The molecule has 2 aromatic rings. The minimum absolute atomic E-state index is 0.699. The molecule has 0 aliphatic heterocycles. The van der Waals surface area contributed by atoms with E-state index in [0.29, 0.717) is 6.61 Å². The van der Waals surface area contributed by atoms with Gasteiger partial charge in [0.1, 0.15) is 12.4 Å². The number of aryl methyl sites for hydroxylation is 1. The normalized spacial score (nSPS) is 11.0. The van der Waals surface area contributed by atoms with Crippen LogP contribution in [0.5, 0.6) is 5.75 Å². The smallest absolute Gasteiger partial charge is 0.119 e. The Bertz CT molecular complexity index is 578. The molecule has 2 aromatic carbocycles. The SMILES string of the molecule is CCc1ccc(CN(CC)Cc2ccc(OCCNC)cc2)cc1. The molecule has 130 valence electrons. The fraction of sp³-hybridized carbons (Fsp3) is 0.429. The van der Waals surface area contributed by atoms with E-state index >= 15 is 0 Å². The molecule has 24 heavy (non-hydrogen) atoms. The molecular weight excluding hydrogens is 296 g/mol. The van der Waals surface area contributed by atoms with E-state index in [1.54, 1.807) is 0 Å². The lowest BCUT2D eigenvalue weighted by atomic mass is 10.1. The Balaban J connectivity index is 1.89. The van der Waals surface area contributed by atoms with Crippen LogP contribution in [0.25, 0.3) is 0 Å². The summed E-state index contributed by atoms with van der Waals surface area (Å²) in [5, 5.41) is 3.08. The molecule has 0 amide bonds. The molecule has 1 N–H and O–H groups in total. The zero-order valence-corrected chi connectivity index (χ0v) is 15.2.